The lowest BCUT2D eigenvalue weighted by Gasteiger charge is -2.32. The summed E-state index contributed by atoms with van der Waals surface area (Å²) in [6.07, 6.45) is 2.48. The van der Waals surface area contributed by atoms with E-state index in [1.54, 1.807) is 0 Å². The average molecular weight is 248 g/mol. The fourth-order valence-electron chi connectivity index (χ4n) is 2.53. The molecule has 3 rings (SSSR count). The molecule has 1 atom stereocenters. The highest BCUT2D eigenvalue weighted by atomic mass is 16.7. The fraction of sp³-hybridized carbons (Fsp3) is 0.571. The maximum Gasteiger partial charge on any atom is 0.102 e. The summed E-state index contributed by atoms with van der Waals surface area (Å²) in [5.41, 5.74) is 2.60. The zero-order valence-electron chi connectivity index (χ0n) is 10.6. The van der Waals surface area contributed by atoms with E-state index in [2.05, 4.69) is 29.6 Å². The summed E-state index contributed by atoms with van der Waals surface area (Å²) in [5, 5.41) is 5.34. The summed E-state index contributed by atoms with van der Waals surface area (Å²) >= 11 is 0. The van der Waals surface area contributed by atoms with Crippen LogP contribution in [-0.2, 0) is 16.0 Å². The van der Waals surface area contributed by atoms with E-state index >= 15 is 0 Å². The molecule has 2 aliphatic heterocycles. The number of para-hydroxylation sites is 1. The standard InChI is InChI=1S/C14H20N2O2/c1-2-6-14-12(4-1)5-3-8-16(14)18-11-13-10-15-7-9-17-13/h1-2,4,6,13,15H,3,5,7-11H2. The first kappa shape index (κ1) is 12.0. The number of benzene rings is 1. The third-order valence-electron chi connectivity index (χ3n) is 3.49. The first-order valence-corrected chi connectivity index (χ1v) is 6.74. The van der Waals surface area contributed by atoms with Gasteiger partial charge in [-0.05, 0) is 24.5 Å². The first-order chi connectivity index (χ1) is 8.93. The van der Waals surface area contributed by atoms with Crippen LogP contribution in [0.15, 0.2) is 24.3 Å². The number of anilines is 1. The van der Waals surface area contributed by atoms with Crippen molar-refractivity contribution in [2.75, 3.05) is 37.9 Å². The number of hydrogen-bond acceptors (Lipinski definition) is 4. The van der Waals surface area contributed by atoms with Crippen LogP contribution in [0.5, 0.6) is 0 Å². The van der Waals surface area contributed by atoms with Crippen molar-refractivity contribution in [2.24, 2.45) is 0 Å². The second-order valence-electron chi connectivity index (χ2n) is 4.83. The van der Waals surface area contributed by atoms with Crippen LogP contribution in [0, 0.1) is 0 Å². The molecule has 1 fully saturated rings. The fourth-order valence-corrected chi connectivity index (χ4v) is 2.53. The summed E-state index contributed by atoms with van der Waals surface area (Å²) < 4.78 is 5.64. The molecule has 18 heavy (non-hydrogen) atoms. The molecular weight excluding hydrogens is 228 g/mol. The van der Waals surface area contributed by atoms with Crippen molar-refractivity contribution in [2.45, 2.75) is 18.9 Å². The SMILES string of the molecule is c1ccc2c(c1)CCCN2OCC1CNCCO1. The monoisotopic (exact) mass is 248 g/mol. The third-order valence-corrected chi connectivity index (χ3v) is 3.49. The number of morpholine rings is 1. The van der Waals surface area contributed by atoms with Crippen LogP contribution in [0.25, 0.3) is 0 Å². The van der Waals surface area contributed by atoms with Gasteiger partial charge in [0.05, 0.1) is 18.4 Å². The minimum absolute atomic E-state index is 0.174. The number of aryl methyl sites for hydroxylation is 1. The minimum atomic E-state index is 0.174. The van der Waals surface area contributed by atoms with Crippen molar-refractivity contribution < 1.29 is 9.57 Å². The van der Waals surface area contributed by atoms with Crippen LogP contribution >= 0.6 is 0 Å². The van der Waals surface area contributed by atoms with Crippen molar-refractivity contribution in [1.29, 1.82) is 0 Å². The van der Waals surface area contributed by atoms with E-state index in [1.165, 1.54) is 11.3 Å². The molecule has 1 aromatic rings. The molecule has 1 saturated heterocycles. The van der Waals surface area contributed by atoms with E-state index in [-0.39, 0.29) is 6.10 Å². The number of fused-ring (bicyclic) bond motifs is 1. The van der Waals surface area contributed by atoms with Crippen LogP contribution in [0.1, 0.15) is 12.0 Å². The summed E-state index contributed by atoms with van der Waals surface area (Å²) in [4.78, 5) is 5.92. The van der Waals surface area contributed by atoms with E-state index in [0.29, 0.717) is 6.61 Å². The molecule has 98 valence electrons. The Morgan fingerprint density at radius 1 is 1.39 bits per heavy atom. The average Bonchev–Trinajstić information content (AvgIpc) is 2.46. The van der Waals surface area contributed by atoms with Gasteiger partial charge in [-0.15, -0.1) is 0 Å². The van der Waals surface area contributed by atoms with Crippen molar-refractivity contribution in [1.82, 2.24) is 5.32 Å². The predicted octanol–water partition coefficient (Wildman–Crippen LogP) is 1.36. The summed E-state index contributed by atoms with van der Waals surface area (Å²) in [6, 6.07) is 8.48. The second kappa shape index (κ2) is 5.69. The molecule has 0 aromatic heterocycles. The number of ether oxygens (including phenoxy) is 1. The van der Waals surface area contributed by atoms with Gasteiger partial charge in [-0.3, -0.25) is 9.90 Å². The molecule has 4 nitrogen and oxygen atoms in total. The third kappa shape index (κ3) is 2.66. The van der Waals surface area contributed by atoms with Crippen LogP contribution in [0.2, 0.25) is 0 Å². The molecule has 1 unspecified atom stereocenters. The van der Waals surface area contributed by atoms with Crippen LogP contribution in [-0.4, -0.2) is 39.0 Å². The summed E-state index contributed by atoms with van der Waals surface area (Å²) in [7, 11) is 0. The number of nitrogens with zero attached hydrogens (tertiary/aromatic N) is 1. The lowest BCUT2D eigenvalue weighted by Crippen LogP contribution is -2.43. The Balaban J connectivity index is 1.60. The van der Waals surface area contributed by atoms with Crippen molar-refractivity contribution in [3.05, 3.63) is 29.8 Å². The van der Waals surface area contributed by atoms with Gasteiger partial charge in [0.25, 0.3) is 0 Å². The zero-order chi connectivity index (χ0) is 12.2. The van der Waals surface area contributed by atoms with E-state index in [4.69, 9.17) is 9.57 Å². The Morgan fingerprint density at radius 2 is 2.33 bits per heavy atom. The van der Waals surface area contributed by atoms with Gasteiger partial charge >= 0.3 is 0 Å². The van der Waals surface area contributed by atoms with Gasteiger partial charge in [0.15, 0.2) is 0 Å². The Bertz CT molecular complexity index is 391. The second-order valence-corrected chi connectivity index (χ2v) is 4.83. The quantitative estimate of drug-likeness (QED) is 0.875. The molecule has 0 bridgehead atoms. The highest BCUT2D eigenvalue weighted by Crippen LogP contribution is 2.26. The van der Waals surface area contributed by atoms with Gasteiger partial charge in [0, 0.05) is 19.6 Å². The molecule has 1 aromatic carbocycles. The van der Waals surface area contributed by atoms with Crippen LogP contribution < -0.4 is 10.4 Å². The highest BCUT2D eigenvalue weighted by Gasteiger charge is 2.20. The van der Waals surface area contributed by atoms with Crippen LogP contribution in [0.3, 0.4) is 0 Å². The van der Waals surface area contributed by atoms with Crippen molar-refractivity contribution >= 4 is 5.69 Å². The van der Waals surface area contributed by atoms with Gasteiger partial charge in [-0.1, -0.05) is 18.2 Å². The molecule has 2 aliphatic rings. The smallest absolute Gasteiger partial charge is 0.102 e. The van der Waals surface area contributed by atoms with E-state index in [1.807, 2.05) is 5.06 Å². The zero-order valence-corrected chi connectivity index (χ0v) is 10.6. The van der Waals surface area contributed by atoms with Crippen molar-refractivity contribution in [3.63, 3.8) is 0 Å². The molecule has 0 spiro atoms. The molecule has 0 saturated carbocycles. The molecule has 0 amide bonds. The molecule has 0 aliphatic carbocycles. The van der Waals surface area contributed by atoms with Crippen molar-refractivity contribution in [3.8, 4) is 0 Å². The topological polar surface area (TPSA) is 33.7 Å². The number of rotatable bonds is 3. The molecule has 0 radical (unpaired) electrons. The maximum absolute atomic E-state index is 5.92. The largest absolute Gasteiger partial charge is 0.373 e. The van der Waals surface area contributed by atoms with Gasteiger partial charge in [0.1, 0.15) is 6.61 Å². The minimum Gasteiger partial charge on any atom is -0.373 e. The van der Waals surface area contributed by atoms with E-state index < -0.39 is 0 Å². The molecule has 1 N–H and O–H groups in total. The molecular formula is C14H20N2O2. The Hall–Kier alpha value is -1.10. The Morgan fingerprint density at radius 3 is 3.22 bits per heavy atom. The van der Waals surface area contributed by atoms with Gasteiger partial charge < -0.3 is 10.1 Å². The van der Waals surface area contributed by atoms with Gasteiger partial charge in [-0.25, -0.2) is 0 Å². The lowest BCUT2D eigenvalue weighted by molar-refractivity contribution is -0.0387. The number of nitrogens with one attached hydrogen (secondary N) is 1. The van der Waals surface area contributed by atoms with E-state index in [9.17, 15) is 0 Å². The predicted molar refractivity (Wildman–Crippen MR) is 70.7 cm³/mol. The number of hydroxylamine groups is 1. The van der Waals surface area contributed by atoms with Crippen LogP contribution in [0.4, 0.5) is 5.69 Å². The van der Waals surface area contributed by atoms with E-state index in [0.717, 1.165) is 39.1 Å². The molecule has 2 heterocycles. The number of hydrogen-bond donors (Lipinski definition) is 1. The van der Waals surface area contributed by atoms with Gasteiger partial charge in [-0.2, -0.15) is 0 Å². The normalized spacial score (nSPS) is 23.8. The summed E-state index contributed by atoms with van der Waals surface area (Å²) in [6.45, 7) is 4.21. The lowest BCUT2D eigenvalue weighted by atomic mass is 10.0. The van der Waals surface area contributed by atoms with Gasteiger partial charge in [0.2, 0.25) is 0 Å². The first-order valence-electron chi connectivity index (χ1n) is 6.74. The highest BCUT2D eigenvalue weighted by molar-refractivity contribution is 5.53. The maximum atomic E-state index is 5.92. The summed E-state index contributed by atoms with van der Waals surface area (Å²) in [5.74, 6) is 0. The Kier molecular flexibility index (Phi) is 3.78. The molecule has 4 heteroatoms. The Labute approximate surface area is 108 Å².